The number of hydrogen-bond acceptors (Lipinski definition) is 5. The van der Waals surface area contributed by atoms with Gasteiger partial charge in [0.1, 0.15) is 10.7 Å². The number of nitrogens with zero attached hydrogens (tertiary/aromatic N) is 1. The maximum atomic E-state index is 14.3. The van der Waals surface area contributed by atoms with E-state index in [4.69, 9.17) is 4.74 Å². The number of halogens is 1. The van der Waals surface area contributed by atoms with E-state index in [1.54, 1.807) is 37.3 Å². The van der Waals surface area contributed by atoms with E-state index in [0.29, 0.717) is 25.4 Å². The van der Waals surface area contributed by atoms with Gasteiger partial charge < -0.3 is 10.1 Å². The van der Waals surface area contributed by atoms with Crippen LogP contribution in [0.1, 0.15) is 35.7 Å². The highest BCUT2D eigenvalue weighted by Crippen LogP contribution is 2.24. The molecular formula is C22H23FN2O5S. The van der Waals surface area contributed by atoms with E-state index in [-0.39, 0.29) is 5.56 Å². The van der Waals surface area contributed by atoms with Crippen LogP contribution in [0, 0.1) is 5.82 Å². The SMILES string of the molecule is CCOC(=O)/C=C/c1ccc(NC(=O)c2ccc(F)c(S(=O)(=O)N3CCCC3)c2)cc1. The first-order chi connectivity index (χ1) is 14.8. The molecule has 0 aliphatic carbocycles. The highest BCUT2D eigenvalue weighted by molar-refractivity contribution is 7.89. The molecule has 1 aliphatic heterocycles. The van der Waals surface area contributed by atoms with Crippen LogP contribution in [0.4, 0.5) is 10.1 Å². The van der Waals surface area contributed by atoms with Crippen molar-refractivity contribution < 1.29 is 27.1 Å². The molecule has 1 amide bonds. The molecule has 1 fully saturated rings. The Kier molecular flexibility index (Phi) is 7.19. The van der Waals surface area contributed by atoms with E-state index in [9.17, 15) is 22.4 Å². The topological polar surface area (TPSA) is 92.8 Å². The Labute approximate surface area is 180 Å². The monoisotopic (exact) mass is 446 g/mol. The highest BCUT2D eigenvalue weighted by Gasteiger charge is 2.30. The van der Waals surface area contributed by atoms with E-state index < -0.39 is 32.6 Å². The van der Waals surface area contributed by atoms with Crippen molar-refractivity contribution in [3.63, 3.8) is 0 Å². The molecule has 0 bridgehead atoms. The number of hydrogen-bond donors (Lipinski definition) is 1. The van der Waals surface area contributed by atoms with Gasteiger partial charge in [0.05, 0.1) is 6.61 Å². The summed E-state index contributed by atoms with van der Waals surface area (Å²) in [6.07, 6.45) is 4.34. The first kappa shape index (κ1) is 22.6. The predicted molar refractivity (Wildman–Crippen MR) is 114 cm³/mol. The summed E-state index contributed by atoms with van der Waals surface area (Å²) < 4.78 is 45.7. The molecule has 2 aromatic rings. The van der Waals surface area contributed by atoms with E-state index in [1.807, 2.05) is 0 Å². The fraction of sp³-hybridized carbons (Fsp3) is 0.273. The highest BCUT2D eigenvalue weighted by atomic mass is 32.2. The number of ether oxygens (including phenoxy) is 1. The molecule has 164 valence electrons. The molecule has 7 nitrogen and oxygen atoms in total. The number of sulfonamides is 1. The van der Waals surface area contributed by atoms with Gasteiger partial charge in [-0.15, -0.1) is 0 Å². The molecule has 1 heterocycles. The molecule has 0 atom stereocenters. The summed E-state index contributed by atoms with van der Waals surface area (Å²) >= 11 is 0. The van der Waals surface area contributed by atoms with Crippen LogP contribution in [-0.2, 0) is 19.6 Å². The minimum atomic E-state index is -3.99. The summed E-state index contributed by atoms with van der Waals surface area (Å²) in [5.74, 6) is -1.90. The fourth-order valence-electron chi connectivity index (χ4n) is 3.15. The van der Waals surface area contributed by atoms with E-state index in [1.165, 1.54) is 16.4 Å². The third-order valence-electron chi connectivity index (χ3n) is 4.74. The molecule has 2 aromatic carbocycles. The van der Waals surface area contributed by atoms with Crippen LogP contribution in [0.25, 0.3) is 6.08 Å². The molecule has 3 rings (SSSR count). The standard InChI is InChI=1S/C22H23FN2O5S/c1-2-30-21(26)12-7-16-5-9-18(10-6-16)24-22(27)17-8-11-19(23)20(15-17)31(28,29)25-13-3-4-14-25/h5-12,15H,2-4,13-14H2,1H3,(H,24,27)/b12-7+. The van der Waals surface area contributed by atoms with Gasteiger partial charge in [0.2, 0.25) is 10.0 Å². The lowest BCUT2D eigenvalue weighted by molar-refractivity contribution is -0.137. The average molecular weight is 447 g/mol. The van der Waals surface area contributed by atoms with Crippen molar-refractivity contribution in [1.29, 1.82) is 0 Å². The molecule has 0 radical (unpaired) electrons. The third-order valence-corrected chi connectivity index (χ3v) is 6.66. The van der Waals surface area contributed by atoms with Gasteiger partial charge in [-0.3, -0.25) is 4.79 Å². The van der Waals surface area contributed by atoms with Gasteiger partial charge in [0.25, 0.3) is 5.91 Å². The Balaban J connectivity index is 1.73. The molecule has 31 heavy (non-hydrogen) atoms. The fourth-order valence-corrected chi connectivity index (χ4v) is 4.75. The summed E-state index contributed by atoms with van der Waals surface area (Å²) in [5.41, 5.74) is 1.23. The molecule has 0 spiro atoms. The number of carbonyl (C=O) groups excluding carboxylic acids is 2. The van der Waals surface area contributed by atoms with Crippen LogP contribution < -0.4 is 5.32 Å². The van der Waals surface area contributed by atoms with Crippen LogP contribution in [0.5, 0.6) is 0 Å². The molecule has 1 N–H and O–H groups in total. The number of amides is 1. The van der Waals surface area contributed by atoms with Crippen molar-refractivity contribution in [2.75, 3.05) is 25.0 Å². The summed E-state index contributed by atoms with van der Waals surface area (Å²) in [6.45, 7) is 2.69. The molecule has 0 aromatic heterocycles. The van der Waals surface area contributed by atoms with Crippen molar-refractivity contribution in [2.45, 2.75) is 24.7 Å². The molecular weight excluding hydrogens is 423 g/mol. The van der Waals surface area contributed by atoms with Crippen molar-refractivity contribution in [3.05, 3.63) is 65.5 Å². The predicted octanol–water partition coefficient (Wildman–Crippen LogP) is 3.44. The normalized spacial score (nSPS) is 14.6. The van der Waals surface area contributed by atoms with Crippen LogP contribution in [0.2, 0.25) is 0 Å². The number of rotatable bonds is 7. The minimum absolute atomic E-state index is 0.0328. The Morgan fingerprint density at radius 2 is 1.81 bits per heavy atom. The van der Waals surface area contributed by atoms with Gasteiger partial charge in [-0.25, -0.2) is 17.6 Å². The van der Waals surface area contributed by atoms with Gasteiger partial charge in [-0.2, -0.15) is 4.31 Å². The smallest absolute Gasteiger partial charge is 0.330 e. The summed E-state index contributed by atoms with van der Waals surface area (Å²) in [5, 5.41) is 2.65. The lowest BCUT2D eigenvalue weighted by atomic mass is 10.1. The van der Waals surface area contributed by atoms with Crippen LogP contribution in [0.3, 0.4) is 0 Å². The Morgan fingerprint density at radius 1 is 1.13 bits per heavy atom. The molecule has 1 saturated heterocycles. The quantitative estimate of drug-likeness (QED) is 0.520. The van der Waals surface area contributed by atoms with Crippen molar-refractivity contribution in [3.8, 4) is 0 Å². The largest absolute Gasteiger partial charge is 0.463 e. The van der Waals surface area contributed by atoms with E-state index >= 15 is 0 Å². The maximum absolute atomic E-state index is 14.3. The third kappa shape index (κ3) is 5.56. The zero-order chi connectivity index (χ0) is 22.4. The van der Waals surface area contributed by atoms with E-state index in [2.05, 4.69) is 5.32 Å². The maximum Gasteiger partial charge on any atom is 0.330 e. The second kappa shape index (κ2) is 9.84. The lowest BCUT2D eigenvalue weighted by Crippen LogP contribution is -2.29. The molecule has 1 aliphatic rings. The number of nitrogens with one attached hydrogen (secondary N) is 1. The van der Waals surface area contributed by atoms with Crippen LogP contribution in [0.15, 0.2) is 53.4 Å². The first-order valence-electron chi connectivity index (χ1n) is 9.87. The number of esters is 1. The van der Waals surface area contributed by atoms with Gasteiger partial charge in [-0.05, 0) is 61.7 Å². The van der Waals surface area contributed by atoms with Crippen LogP contribution >= 0.6 is 0 Å². The molecule has 0 saturated carbocycles. The van der Waals surface area contributed by atoms with Gasteiger partial charge in [0, 0.05) is 30.4 Å². The van der Waals surface area contributed by atoms with Crippen molar-refractivity contribution in [1.82, 2.24) is 4.31 Å². The second-order valence-electron chi connectivity index (χ2n) is 6.92. The van der Waals surface area contributed by atoms with Crippen LogP contribution in [-0.4, -0.2) is 44.3 Å². The van der Waals surface area contributed by atoms with Crippen molar-refractivity contribution in [2.24, 2.45) is 0 Å². The van der Waals surface area contributed by atoms with E-state index in [0.717, 1.165) is 30.5 Å². The van der Waals surface area contributed by atoms with Gasteiger partial charge in [0.15, 0.2) is 0 Å². The first-order valence-corrected chi connectivity index (χ1v) is 11.3. The van der Waals surface area contributed by atoms with Gasteiger partial charge >= 0.3 is 5.97 Å². The number of benzene rings is 2. The van der Waals surface area contributed by atoms with Crippen molar-refractivity contribution >= 4 is 33.7 Å². The minimum Gasteiger partial charge on any atom is -0.463 e. The molecule has 0 unspecified atom stereocenters. The number of anilines is 1. The Morgan fingerprint density at radius 3 is 2.45 bits per heavy atom. The number of carbonyl (C=O) groups is 2. The lowest BCUT2D eigenvalue weighted by Gasteiger charge is -2.16. The summed E-state index contributed by atoms with van der Waals surface area (Å²) in [7, 11) is -3.99. The summed E-state index contributed by atoms with van der Waals surface area (Å²) in [6, 6.07) is 9.95. The van der Waals surface area contributed by atoms with Gasteiger partial charge in [-0.1, -0.05) is 12.1 Å². The zero-order valence-corrected chi connectivity index (χ0v) is 17.8. The summed E-state index contributed by atoms with van der Waals surface area (Å²) in [4.78, 5) is 23.4. The average Bonchev–Trinajstić information content (AvgIpc) is 3.29. The molecule has 9 heteroatoms. The Hall–Kier alpha value is -3.04. The second-order valence-corrected chi connectivity index (χ2v) is 8.82. The zero-order valence-electron chi connectivity index (χ0n) is 17.0. The Bertz CT molecular complexity index is 1090.